The van der Waals surface area contributed by atoms with E-state index in [1.165, 1.54) is 4.70 Å². The largest absolute Gasteiger partial charge is 0.481 e. The highest BCUT2D eigenvalue weighted by Crippen LogP contribution is 2.41. The van der Waals surface area contributed by atoms with Crippen LogP contribution in [0.3, 0.4) is 0 Å². The summed E-state index contributed by atoms with van der Waals surface area (Å²) in [6.45, 7) is 0.413. The number of aliphatic hydroxyl groups excluding tert-OH is 1. The van der Waals surface area contributed by atoms with E-state index in [1.54, 1.807) is 23.1 Å². The topological polar surface area (TPSA) is 118 Å². The van der Waals surface area contributed by atoms with Crippen LogP contribution in [0, 0.1) is 0 Å². The number of aromatic nitrogens is 1. The molecule has 8 nitrogen and oxygen atoms in total. The van der Waals surface area contributed by atoms with Crippen molar-refractivity contribution in [2.75, 3.05) is 5.75 Å². The number of carboxylic acids is 1. The average molecular weight is 697 g/mol. The summed E-state index contributed by atoms with van der Waals surface area (Å²) >= 11 is 3.41. The Morgan fingerprint density at radius 1 is 0.837 bits per heavy atom. The van der Waals surface area contributed by atoms with E-state index < -0.39 is 12.3 Å². The third-order valence-corrected chi connectivity index (χ3v) is 10.8. The number of carbonyl (C=O) groups is 2. The third kappa shape index (κ3) is 9.77. The second-order valence-corrected chi connectivity index (χ2v) is 14.5. The van der Waals surface area contributed by atoms with Gasteiger partial charge in [-0.2, -0.15) is 0 Å². The predicted molar refractivity (Wildman–Crippen MR) is 193 cm³/mol. The van der Waals surface area contributed by atoms with E-state index in [0.29, 0.717) is 32.2 Å². The Bertz CT molecular complexity index is 1830. The van der Waals surface area contributed by atoms with Gasteiger partial charge in [0.25, 0.3) is 0 Å². The van der Waals surface area contributed by atoms with E-state index in [2.05, 4.69) is 35.6 Å². The molecule has 0 spiro atoms. The lowest BCUT2D eigenvalue weighted by molar-refractivity contribution is -0.245. The van der Waals surface area contributed by atoms with Crippen molar-refractivity contribution in [3.05, 3.63) is 119 Å². The number of unbranched alkanes of at least 4 members (excludes halogenated alkanes) is 2. The zero-order chi connectivity index (χ0) is 34.0. The highest BCUT2D eigenvalue weighted by atomic mass is 32.2. The molecule has 0 unspecified atom stereocenters. The minimum atomic E-state index is -0.803. The van der Waals surface area contributed by atoms with Crippen molar-refractivity contribution in [3.8, 4) is 11.1 Å². The summed E-state index contributed by atoms with van der Waals surface area (Å²) < 4.78 is 15.4. The Kier molecular flexibility index (Phi) is 12.1. The minimum absolute atomic E-state index is 0.00445. The molecule has 3 N–H and O–H groups in total. The van der Waals surface area contributed by atoms with Gasteiger partial charge in [-0.3, -0.25) is 9.59 Å². The number of hydrogen-bond donors (Lipinski definition) is 3. The van der Waals surface area contributed by atoms with Gasteiger partial charge in [0.15, 0.2) is 10.6 Å². The van der Waals surface area contributed by atoms with Crippen molar-refractivity contribution in [3.63, 3.8) is 0 Å². The molecule has 0 saturated carbocycles. The van der Waals surface area contributed by atoms with Gasteiger partial charge in [0.2, 0.25) is 5.91 Å². The highest BCUT2D eigenvalue weighted by Gasteiger charge is 2.32. The smallest absolute Gasteiger partial charge is 0.303 e. The van der Waals surface area contributed by atoms with Crippen molar-refractivity contribution < 1.29 is 29.3 Å². The van der Waals surface area contributed by atoms with Crippen molar-refractivity contribution in [2.45, 2.75) is 74.5 Å². The number of benzene rings is 4. The number of thiazole rings is 1. The number of amides is 1. The SMILES string of the molecule is O=C(O)CCCCCC(=O)NCc1cccc(-c2cccc([C@H]3O[C@@H](CSc4nc5ccccc5s4)C[C@@H](c4ccc(CO)cc4)O3)c2)c1. The number of thioether (sulfide) groups is 1. The molecule has 3 atom stereocenters. The molecule has 4 aromatic carbocycles. The van der Waals surface area contributed by atoms with Crippen LogP contribution in [0.2, 0.25) is 0 Å². The molecule has 49 heavy (non-hydrogen) atoms. The minimum Gasteiger partial charge on any atom is -0.481 e. The Hall–Kier alpha value is -4.06. The quantitative estimate of drug-likeness (QED) is 0.0738. The first kappa shape index (κ1) is 34.8. The Morgan fingerprint density at radius 3 is 2.41 bits per heavy atom. The molecule has 1 amide bonds. The van der Waals surface area contributed by atoms with Crippen LogP contribution in [0.15, 0.2) is 101 Å². The van der Waals surface area contributed by atoms with Crippen molar-refractivity contribution in [2.24, 2.45) is 0 Å². The summed E-state index contributed by atoms with van der Waals surface area (Å²) in [5.41, 5.74) is 6.87. The third-order valence-electron chi connectivity index (χ3n) is 8.49. The molecule has 0 bridgehead atoms. The molecule has 1 aliphatic heterocycles. The van der Waals surface area contributed by atoms with Gasteiger partial charge in [0.1, 0.15) is 0 Å². The average Bonchev–Trinajstić information content (AvgIpc) is 3.56. The van der Waals surface area contributed by atoms with Gasteiger partial charge in [0, 0.05) is 37.1 Å². The molecule has 1 aliphatic rings. The lowest BCUT2D eigenvalue weighted by Crippen LogP contribution is -2.31. The number of aliphatic hydroxyl groups is 1. The predicted octanol–water partition coefficient (Wildman–Crippen LogP) is 8.44. The number of ether oxygens (including phenoxy) is 2. The number of carbonyl (C=O) groups excluding carboxylic acids is 1. The molecule has 6 rings (SSSR count). The maximum Gasteiger partial charge on any atom is 0.303 e. The molecular weight excluding hydrogens is 657 g/mol. The van der Waals surface area contributed by atoms with Gasteiger partial charge in [0.05, 0.1) is 29.0 Å². The molecule has 10 heteroatoms. The molecule has 1 saturated heterocycles. The van der Waals surface area contributed by atoms with E-state index in [9.17, 15) is 14.7 Å². The van der Waals surface area contributed by atoms with Gasteiger partial charge in [-0.25, -0.2) is 4.98 Å². The first-order chi connectivity index (χ1) is 23.9. The standard InChI is InChI=1S/C39H40N2O6S2/c42-24-26-16-18-28(19-17-26)34-22-32(25-48-39-41-33-12-4-5-13-35(33)49-39)46-38(47-34)31-11-7-10-30(21-31)29-9-6-8-27(20-29)23-40-36(43)14-2-1-3-15-37(44)45/h4-13,16-21,32,34,38,42H,1-3,14-15,22-25H2,(H,40,43)(H,44,45)/t32-,34+,38+/m1/s1. The molecule has 2 heterocycles. The number of nitrogens with one attached hydrogen (secondary N) is 1. The first-order valence-corrected chi connectivity index (χ1v) is 18.4. The van der Waals surface area contributed by atoms with E-state index in [4.69, 9.17) is 19.6 Å². The maximum atomic E-state index is 12.4. The van der Waals surface area contributed by atoms with Crippen LogP contribution in [0.25, 0.3) is 21.3 Å². The summed E-state index contributed by atoms with van der Waals surface area (Å²) in [7, 11) is 0. The van der Waals surface area contributed by atoms with E-state index in [0.717, 1.165) is 55.4 Å². The zero-order valence-corrected chi connectivity index (χ0v) is 28.8. The molecule has 1 fully saturated rings. The fourth-order valence-corrected chi connectivity index (χ4v) is 7.97. The second kappa shape index (κ2) is 17.0. The summed E-state index contributed by atoms with van der Waals surface area (Å²) in [6, 6.07) is 32.4. The summed E-state index contributed by atoms with van der Waals surface area (Å²) in [5, 5.41) is 21.3. The van der Waals surface area contributed by atoms with Crippen molar-refractivity contribution in [1.29, 1.82) is 0 Å². The summed E-state index contributed by atoms with van der Waals surface area (Å²) in [4.78, 5) is 27.8. The van der Waals surface area contributed by atoms with Gasteiger partial charge in [-0.1, -0.05) is 91.0 Å². The first-order valence-electron chi connectivity index (χ1n) is 16.6. The summed E-state index contributed by atoms with van der Waals surface area (Å²) in [6.07, 6.45) is 2.37. The number of hydrogen-bond acceptors (Lipinski definition) is 8. The summed E-state index contributed by atoms with van der Waals surface area (Å²) in [5.74, 6) is -0.102. The van der Waals surface area contributed by atoms with E-state index in [1.807, 2.05) is 66.7 Å². The van der Waals surface area contributed by atoms with Gasteiger partial charge < -0.3 is 25.0 Å². The van der Waals surface area contributed by atoms with Crippen LogP contribution in [0.1, 0.15) is 73.2 Å². The van der Waals surface area contributed by atoms with Crippen LogP contribution in [0.4, 0.5) is 0 Å². The van der Waals surface area contributed by atoms with Crippen LogP contribution in [-0.2, 0) is 32.2 Å². The molecular formula is C39H40N2O6S2. The molecule has 0 radical (unpaired) electrons. The van der Waals surface area contributed by atoms with Crippen molar-refractivity contribution >= 4 is 45.2 Å². The van der Waals surface area contributed by atoms with Crippen LogP contribution < -0.4 is 5.32 Å². The lowest BCUT2D eigenvalue weighted by Gasteiger charge is -2.36. The van der Waals surface area contributed by atoms with Crippen LogP contribution >= 0.6 is 23.1 Å². The number of fused-ring (bicyclic) bond motifs is 1. The van der Waals surface area contributed by atoms with Crippen LogP contribution in [-0.4, -0.2) is 38.9 Å². The van der Waals surface area contributed by atoms with Gasteiger partial charge in [-0.05, 0) is 64.9 Å². The number of aliphatic carboxylic acids is 1. The molecule has 5 aromatic rings. The van der Waals surface area contributed by atoms with E-state index in [-0.39, 0.29) is 31.1 Å². The fraction of sp³-hybridized carbons (Fsp3) is 0.308. The fourth-order valence-electron chi connectivity index (χ4n) is 5.85. The lowest BCUT2D eigenvalue weighted by atomic mass is 9.99. The Morgan fingerprint density at radius 2 is 1.61 bits per heavy atom. The zero-order valence-electron chi connectivity index (χ0n) is 27.1. The maximum absolute atomic E-state index is 12.4. The number of para-hydroxylation sites is 1. The Balaban J connectivity index is 1.13. The van der Waals surface area contributed by atoms with E-state index >= 15 is 0 Å². The number of carboxylic acid groups (broad SMARTS) is 1. The molecule has 1 aromatic heterocycles. The number of nitrogens with zero attached hydrogens (tertiary/aromatic N) is 1. The number of rotatable bonds is 15. The van der Waals surface area contributed by atoms with Gasteiger partial charge >= 0.3 is 5.97 Å². The normalized spacial score (nSPS) is 17.6. The van der Waals surface area contributed by atoms with Crippen LogP contribution in [0.5, 0.6) is 0 Å². The monoisotopic (exact) mass is 696 g/mol. The highest BCUT2D eigenvalue weighted by molar-refractivity contribution is 8.01. The van der Waals surface area contributed by atoms with Gasteiger partial charge in [-0.15, -0.1) is 11.3 Å². The molecule has 0 aliphatic carbocycles. The molecule has 254 valence electrons. The second-order valence-electron chi connectivity index (χ2n) is 12.2. The van der Waals surface area contributed by atoms with Crippen molar-refractivity contribution in [1.82, 2.24) is 10.3 Å². The Labute approximate surface area is 294 Å².